The minimum atomic E-state index is -2.56. The van der Waals surface area contributed by atoms with Gasteiger partial charge in [0.25, 0.3) is 6.43 Å². The van der Waals surface area contributed by atoms with E-state index in [0.29, 0.717) is 31.9 Å². The number of nitrogens with two attached hydrogens (primary N) is 1. The van der Waals surface area contributed by atoms with E-state index < -0.39 is 6.43 Å². The number of likely N-dealkylation sites (N-methyl/N-ethyl adjacent to an activating group) is 1. The molecule has 2 amide bonds. The quantitative estimate of drug-likeness (QED) is 0.188. The minimum absolute atomic E-state index is 0.0891. The maximum Gasteiger partial charge on any atom is 0.264 e. The van der Waals surface area contributed by atoms with Gasteiger partial charge < -0.3 is 25.3 Å². The number of benzene rings is 1. The lowest BCUT2D eigenvalue weighted by molar-refractivity contribution is -0.887. The van der Waals surface area contributed by atoms with E-state index in [4.69, 9.17) is 17.3 Å². The van der Waals surface area contributed by atoms with Gasteiger partial charge in [-0.05, 0) is 67.6 Å². The van der Waals surface area contributed by atoms with Gasteiger partial charge in [0.15, 0.2) is 0 Å². The molecule has 2 aliphatic heterocycles. The molecule has 3 N–H and O–H groups in total. The fraction of sp³-hybridized carbons (Fsp3) is 0.606. The molecule has 0 atom stereocenters. The highest BCUT2D eigenvalue weighted by Crippen LogP contribution is 2.30. The van der Waals surface area contributed by atoms with E-state index in [1.807, 2.05) is 34.1 Å². The lowest BCUT2D eigenvalue weighted by atomic mass is 9.89. The maximum absolute atomic E-state index is 13.0. The first kappa shape index (κ1) is 36.3. The second kappa shape index (κ2) is 17.6. The Labute approximate surface area is 281 Å². The first-order chi connectivity index (χ1) is 22.0. The van der Waals surface area contributed by atoms with Crippen molar-refractivity contribution in [2.45, 2.75) is 56.3 Å². The van der Waals surface area contributed by atoms with Crippen LogP contribution in [0.25, 0.3) is 0 Å². The third-order valence-electron chi connectivity index (χ3n) is 8.80. The zero-order valence-corrected chi connectivity index (χ0v) is 28.7. The summed E-state index contributed by atoms with van der Waals surface area (Å²) >= 11 is 7.57. The molecule has 46 heavy (non-hydrogen) atoms. The van der Waals surface area contributed by atoms with Gasteiger partial charge in [-0.15, -0.1) is 0 Å². The third-order valence-corrected chi connectivity index (χ3v) is 10.1. The number of carbonyl (C=O) groups is 2. The zero-order valence-electron chi connectivity index (χ0n) is 27.1. The van der Waals surface area contributed by atoms with Crippen LogP contribution in [-0.2, 0) is 9.59 Å². The van der Waals surface area contributed by atoms with Gasteiger partial charge >= 0.3 is 0 Å². The highest BCUT2D eigenvalue weighted by molar-refractivity contribution is 7.97. The van der Waals surface area contributed by atoms with Crippen molar-refractivity contribution in [3.05, 3.63) is 47.1 Å². The maximum atomic E-state index is 13.0. The first-order valence-electron chi connectivity index (χ1n) is 16.4. The van der Waals surface area contributed by atoms with Crippen molar-refractivity contribution >= 4 is 46.9 Å². The Hall–Kier alpha value is -2.51. The number of anilines is 2. The van der Waals surface area contributed by atoms with Crippen LogP contribution in [0, 0.1) is 5.92 Å². The van der Waals surface area contributed by atoms with Crippen LogP contribution in [0.2, 0.25) is 5.15 Å². The second-order valence-electron chi connectivity index (χ2n) is 12.8. The molecular weight excluding hydrogens is 632 g/mol. The molecular formula is C33H49ClF2N7O2S+. The molecule has 3 aliphatic rings. The fourth-order valence-electron chi connectivity index (χ4n) is 6.01. The summed E-state index contributed by atoms with van der Waals surface area (Å²) in [5.74, 6) is 1.22. The van der Waals surface area contributed by atoms with Gasteiger partial charge in [-0.2, -0.15) is 0 Å². The Balaban J connectivity index is 0.000000242. The molecule has 3 heterocycles. The highest BCUT2D eigenvalue weighted by atomic mass is 35.5. The standard InChI is InChI=1S/C20H21ClF2N4OS.C13H27N3O/c21-17-12-14(20(22)23)13-18(24-17)25-8-10-26(11-9-25)29-16-5-3-15(4-6-16)27-7-1-2-19(27)28;1-16(2,10-8-14)11-9-15-13(17)12-6-4-3-5-7-12/h3-6,12-13,20H,1-2,7-11H2;12H,3-11,14H2,1-2H3/p+1. The van der Waals surface area contributed by atoms with Crippen LogP contribution in [-0.4, -0.2) is 98.6 Å². The van der Waals surface area contributed by atoms with E-state index in [0.717, 1.165) is 73.6 Å². The Morgan fingerprint density at radius 2 is 1.74 bits per heavy atom. The van der Waals surface area contributed by atoms with Crippen molar-refractivity contribution in [3.8, 4) is 0 Å². The van der Waals surface area contributed by atoms with E-state index in [9.17, 15) is 18.4 Å². The van der Waals surface area contributed by atoms with Crippen LogP contribution in [0.5, 0.6) is 0 Å². The molecule has 0 unspecified atom stereocenters. The molecule has 1 saturated carbocycles. The van der Waals surface area contributed by atoms with Crippen LogP contribution < -0.4 is 20.9 Å². The molecule has 5 rings (SSSR count). The van der Waals surface area contributed by atoms with Crippen LogP contribution in [0.4, 0.5) is 20.3 Å². The number of pyridine rings is 1. The largest absolute Gasteiger partial charge is 0.354 e. The second-order valence-corrected chi connectivity index (χ2v) is 14.4. The number of hydrogen-bond donors (Lipinski definition) is 2. The summed E-state index contributed by atoms with van der Waals surface area (Å²) in [6.07, 6.45) is 4.86. The summed E-state index contributed by atoms with van der Waals surface area (Å²) in [6.45, 7) is 7.08. The number of alkyl halides is 2. The number of piperazine rings is 1. The Kier molecular flexibility index (Phi) is 13.9. The SMILES string of the molecule is C[N+](C)(CCN)CCNC(=O)C1CCCCC1.O=C1CCCN1c1ccc(SN2CCN(c3cc(C(F)F)cc(Cl)n3)CC2)cc1. The van der Waals surface area contributed by atoms with Gasteiger partial charge in [0.1, 0.15) is 11.0 Å². The first-order valence-corrected chi connectivity index (χ1v) is 17.5. The molecule has 1 aromatic carbocycles. The average molecular weight is 681 g/mol. The molecule has 2 saturated heterocycles. The number of nitrogens with zero attached hydrogens (tertiary/aromatic N) is 5. The van der Waals surface area contributed by atoms with Crippen LogP contribution in [0.15, 0.2) is 41.3 Å². The highest BCUT2D eigenvalue weighted by Gasteiger charge is 2.24. The smallest absolute Gasteiger partial charge is 0.264 e. The molecule has 13 heteroatoms. The van der Waals surface area contributed by atoms with Crippen molar-refractivity contribution in [1.82, 2.24) is 14.6 Å². The predicted octanol–water partition coefficient (Wildman–Crippen LogP) is 5.35. The lowest BCUT2D eigenvalue weighted by Gasteiger charge is -2.34. The van der Waals surface area contributed by atoms with Gasteiger partial charge in [-0.25, -0.2) is 18.1 Å². The fourth-order valence-corrected chi connectivity index (χ4v) is 7.12. The van der Waals surface area contributed by atoms with Crippen molar-refractivity contribution in [2.75, 3.05) is 82.8 Å². The zero-order chi connectivity index (χ0) is 33.1. The topological polar surface area (TPSA) is 94.8 Å². The summed E-state index contributed by atoms with van der Waals surface area (Å²) in [5, 5.41) is 3.16. The van der Waals surface area contributed by atoms with Crippen molar-refractivity contribution in [2.24, 2.45) is 11.7 Å². The molecule has 254 valence electrons. The van der Waals surface area contributed by atoms with Crippen molar-refractivity contribution in [1.29, 1.82) is 0 Å². The number of carbonyl (C=O) groups excluding carboxylic acids is 2. The van der Waals surface area contributed by atoms with Gasteiger partial charge in [0.2, 0.25) is 11.8 Å². The minimum Gasteiger partial charge on any atom is -0.354 e. The number of aromatic nitrogens is 1. The average Bonchev–Trinajstić information content (AvgIpc) is 3.47. The van der Waals surface area contributed by atoms with Crippen molar-refractivity contribution < 1.29 is 22.9 Å². The van der Waals surface area contributed by atoms with Gasteiger partial charge in [0, 0.05) is 67.8 Å². The number of halogens is 3. The normalized spacial score (nSPS) is 18.1. The third kappa shape index (κ3) is 11.0. The number of quaternary nitrogens is 1. The summed E-state index contributed by atoms with van der Waals surface area (Å²) in [4.78, 5) is 32.9. The monoisotopic (exact) mass is 680 g/mol. The summed E-state index contributed by atoms with van der Waals surface area (Å²) in [6, 6.07) is 10.7. The number of nitrogens with one attached hydrogen (secondary N) is 1. The Bertz CT molecular complexity index is 1270. The van der Waals surface area contributed by atoms with E-state index in [-0.39, 0.29) is 28.4 Å². The van der Waals surface area contributed by atoms with Crippen LogP contribution in [0.3, 0.4) is 0 Å². The van der Waals surface area contributed by atoms with Crippen LogP contribution in [0.1, 0.15) is 56.9 Å². The number of hydrogen-bond acceptors (Lipinski definition) is 7. The Morgan fingerprint density at radius 1 is 1.04 bits per heavy atom. The van der Waals surface area contributed by atoms with E-state index in [1.165, 1.54) is 31.4 Å². The summed E-state index contributed by atoms with van der Waals surface area (Å²) < 4.78 is 29.1. The van der Waals surface area contributed by atoms with E-state index in [1.54, 1.807) is 11.9 Å². The lowest BCUT2D eigenvalue weighted by Crippen LogP contribution is -2.48. The van der Waals surface area contributed by atoms with Gasteiger partial charge in [-0.1, -0.05) is 30.9 Å². The molecule has 0 radical (unpaired) electrons. The number of amides is 2. The van der Waals surface area contributed by atoms with Crippen molar-refractivity contribution in [3.63, 3.8) is 0 Å². The summed E-state index contributed by atoms with van der Waals surface area (Å²) in [5.41, 5.74) is 6.40. The molecule has 2 aromatic rings. The van der Waals surface area contributed by atoms with E-state index >= 15 is 0 Å². The molecule has 0 bridgehead atoms. The molecule has 1 aromatic heterocycles. The molecule has 1 aliphatic carbocycles. The molecule has 3 fully saturated rings. The van der Waals surface area contributed by atoms with E-state index in [2.05, 4.69) is 28.7 Å². The summed E-state index contributed by atoms with van der Waals surface area (Å²) in [7, 11) is 4.30. The predicted molar refractivity (Wildman–Crippen MR) is 182 cm³/mol. The number of rotatable bonds is 11. The molecule has 9 nitrogen and oxygen atoms in total. The van der Waals surface area contributed by atoms with Gasteiger partial charge in [-0.3, -0.25) is 9.59 Å². The van der Waals surface area contributed by atoms with Crippen LogP contribution >= 0.6 is 23.5 Å². The van der Waals surface area contributed by atoms with Gasteiger partial charge in [0.05, 0.1) is 33.7 Å². The molecule has 0 spiro atoms. The Morgan fingerprint density at radius 3 is 2.35 bits per heavy atom.